The van der Waals surface area contributed by atoms with Crippen molar-refractivity contribution in [2.75, 3.05) is 14.2 Å². The van der Waals surface area contributed by atoms with Gasteiger partial charge in [0.05, 0.1) is 18.3 Å². The molecule has 4 aliphatic rings. The molecule has 0 aromatic rings. The van der Waals surface area contributed by atoms with Crippen LogP contribution in [0.15, 0.2) is 0 Å². The first-order valence-corrected chi connectivity index (χ1v) is 10.2. The number of aliphatic hydroxyl groups excluding tert-OH is 1. The molecule has 0 bridgehead atoms. The molecule has 0 heterocycles. The highest BCUT2D eigenvalue weighted by atomic mass is 16.5. The van der Waals surface area contributed by atoms with Crippen molar-refractivity contribution in [1.82, 2.24) is 0 Å². The Labute approximate surface area is 147 Å². The Hall–Kier alpha value is -0.120. The molecule has 4 saturated carbocycles. The lowest BCUT2D eigenvalue weighted by atomic mass is 9.45. The van der Waals surface area contributed by atoms with Gasteiger partial charge >= 0.3 is 0 Å². The lowest BCUT2D eigenvalue weighted by molar-refractivity contribution is -0.170. The van der Waals surface area contributed by atoms with Gasteiger partial charge < -0.3 is 14.6 Å². The van der Waals surface area contributed by atoms with Crippen molar-refractivity contribution >= 4 is 0 Å². The highest BCUT2D eigenvalue weighted by molar-refractivity contribution is 5.10. The molecule has 1 N–H and O–H groups in total. The molecule has 138 valence electrons. The molecule has 4 fully saturated rings. The second-order valence-corrected chi connectivity index (χ2v) is 9.78. The molecule has 0 aromatic carbocycles. The largest absolute Gasteiger partial charge is 0.390 e. The maximum absolute atomic E-state index is 10.4. The molecule has 0 spiro atoms. The van der Waals surface area contributed by atoms with E-state index in [9.17, 15) is 5.11 Å². The first kappa shape index (κ1) is 17.3. The minimum atomic E-state index is -0.261. The van der Waals surface area contributed by atoms with E-state index < -0.39 is 0 Å². The summed E-state index contributed by atoms with van der Waals surface area (Å²) in [5.41, 5.74) is 0.753. The lowest BCUT2D eigenvalue weighted by Crippen LogP contribution is -2.57. The number of methoxy groups -OCH3 is 2. The zero-order valence-corrected chi connectivity index (χ0v) is 16.0. The molecule has 0 saturated heterocycles. The summed E-state index contributed by atoms with van der Waals surface area (Å²) >= 11 is 0. The first-order valence-electron chi connectivity index (χ1n) is 10.2. The third-order valence-corrected chi connectivity index (χ3v) is 9.16. The van der Waals surface area contributed by atoms with Crippen molar-refractivity contribution in [3.63, 3.8) is 0 Å². The zero-order chi connectivity index (χ0) is 17.1. The smallest absolute Gasteiger partial charge is 0.0835 e. The van der Waals surface area contributed by atoms with Crippen LogP contribution in [-0.4, -0.2) is 37.6 Å². The summed E-state index contributed by atoms with van der Waals surface area (Å²) in [6.07, 6.45) is 10.2. The summed E-state index contributed by atoms with van der Waals surface area (Å²) in [7, 11) is 3.68. The van der Waals surface area contributed by atoms with Gasteiger partial charge in [0, 0.05) is 14.2 Å². The lowest BCUT2D eigenvalue weighted by Gasteiger charge is -2.61. The van der Waals surface area contributed by atoms with Gasteiger partial charge in [-0.3, -0.25) is 0 Å². The summed E-state index contributed by atoms with van der Waals surface area (Å²) in [6.45, 7) is 5.03. The van der Waals surface area contributed by atoms with Crippen LogP contribution in [0.1, 0.15) is 65.2 Å². The molecule has 24 heavy (non-hydrogen) atoms. The Kier molecular flexibility index (Phi) is 4.29. The van der Waals surface area contributed by atoms with E-state index in [1.165, 1.54) is 38.5 Å². The molecule has 4 aliphatic carbocycles. The van der Waals surface area contributed by atoms with E-state index >= 15 is 0 Å². The van der Waals surface area contributed by atoms with Gasteiger partial charge in [0.2, 0.25) is 0 Å². The molecular weight excluding hydrogens is 300 g/mol. The number of ether oxygens (including phenoxy) is 2. The number of rotatable bonds is 2. The van der Waals surface area contributed by atoms with Gasteiger partial charge in [-0.2, -0.15) is 0 Å². The fraction of sp³-hybridized carbons (Fsp3) is 1.00. The van der Waals surface area contributed by atoms with Gasteiger partial charge in [-0.1, -0.05) is 13.8 Å². The van der Waals surface area contributed by atoms with Crippen LogP contribution < -0.4 is 0 Å². The number of hydrogen-bond donors (Lipinski definition) is 1. The maximum atomic E-state index is 10.4. The third-order valence-electron chi connectivity index (χ3n) is 9.16. The van der Waals surface area contributed by atoms with Gasteiger partial charge in [0.25, 0.3) is 0 Å². The van der Waals surface area contributed by atoms with Crippen LogP contribution >= 0.6 is 0 Å². The van der Waals surface area contributed by atoms with Crippen LogP contribution in [0.2, 0.25) is 0 Å². The van der Waals surface area contributed by atoms with Crippen LogP contribution in [0.25, 0.3) is 0 Å². The van der Waals surface area contributed by atoms with Crippen LogP contribution in [0.5, 0.6) is 0 Å². The van der Waals surface area contributed by atoms with E-state index in [1.54, 1.807) is 7.11 Å². The molecular formula is C21H36O3. The van der Waals surface area contributed by atoms with Crippen molar-refractivity contribution in [2.45, 2.75) is 83.5 Å². The Bertz CT molecular complexity index is 480. The molecule has 4 unspecified atom stereocenters. The second kappa shape index (κ2) is 5.96. The predicted octanol–water partition coefficient (Wildman–Crippen LogP) is 4.03. The van der Waals surface area contributed by atoms with E-state index in [0.717, 1.165) is 30.6 Å². The first-order chi connectivity index (χ1) is 11.4. The highest BCUT2D eigenvalue weighted by Crippen LogP contribution is 2.66. The van der Waals surface area contributed by atoms with E-state index in [1.807, 2.05) is 7.11 Å². The van der Waals surface area contributed by atoms with Crippen LogP contribution in [0.3, 0.4) is 0 Å². The summed E-state index contributed by atoms with van der Waals surface area (Å²) in [5, 5.41) is 10.4. The normalized spacial score (nSPS) is 57.1. The average Bonchev–Trinajstić information content (AvgIpc) is 2.91. The van der Waals surface area contributed by atoms with Gasteiger partial charge in [-0.05, 0) is 85.9 Å². The van der Waals surface area contributed by atoms with Crippen molar-refractivity contribution in [3.05, 3.63) is 0 Å². The van der Waals surface area contributed by atoms with Crippen molar-refractivity contribution in [1.29, 1.82) is 0 Å². The standard InChI is InChI=1S/C21H36O3/c1-20-10-9-16-14(15(20)7-8-19(20)24-4)6-5-13-11-17(22)18(23-3)12-21(13,16)2/h13-19,22H,5-12H2,1-4H3/t13?,14-,15-,16+,17?,18?,19?,20-,21-/m0/s1. The van der Waals surface area contributed by atoms with Crippen molar-refractivity contribution < 1.29 is 14.6 Å². The van der Waals surface area contributed by atoms with Crippen LogP contribution in [-0.2, 0) is 9.47 Å². The summed E-state index contributed by atoms with van der Waals surface area (Å²) in [5.74, 6) is 3.20. The summed E-state index contributed by atoms with van der Waals surface area (Å²) in [4.78, 5) is 0. The van der Waals surface area contributed by atoms with E-state index in [4.69, 9.17) is 9.47 Å². The van der Waals surface area contributed by atoms with Gasteiger partial charge in [-0.25, -0.2) is 0 Å². The minimum absolute atomic E-state index is 0.0358. The predicted molar refractivity (Wildman–Crippen MR) is 94.7 cm³/mol. The third kappa shape index (κ3) is 2.27. The van der Waals surface area contributed by atoms with Gasteiger partial charge in [-0.15, -0.1) is 0 Å². The van der Waals surface area contributed by atoms with E-state index in [-0.39, 0.29) is 12.2 Å². The van der Waals surface area contributed by atoms with Crippen LogP contribution in [0.4, 0.5) is 0 Å². The maximum Gasteiger partial charge on any atom is 0.0835 e. The Balaban J connectivity index is 1.61. The Morgan fingerprint density at radius 3 is 2.33 bits per heavy atom. The topological polar surface area (TPSA) is 38.7 Å². The Morgan fingerprint density at radius 1 is 0.875 bits per heavy atom. The second-order valence-electron chi connectivity index (χ2n) is 9.78. The number of fused-ring (bicyclic) bond motifs is 5. The molecule has 9 atom stereocenters. The average molecular weight is 337 g/mol. The number of aliphatic hydroxyl groups is 1. The fourth-order valence-electron chi connectivity index (χ4n) is 7.83. The molecule has 3 nitrogen and oxygen atoms in total. The SMILES string of the molecule is COC1C[C@@]2(C)C(CC[C@@H]3[C@H]2CC[C@]2(C)C(OC)CC[C@@H]32)CC1O. The molecule has 3 heteroatoms. The quantitative estimate of drug-likeness (QED) is 0.827. The fourth-order valence-corrected chi connectivity index (χ4v) is 7.83. The van der Waals surface area contributed by atoms with Gasteiger partial charge in [0.1, 0.15) is 0 Å². The monoisotopic (exact) mass is 336 g/mol. The number of hydrogen-bond acceptors (Lipinski definition) is 3. The summed E-state index contributed by atoms with van der Waals surface area (Å²) in [6, 6.07) is 0. The highest BCUT2D eigenvalue weighted by Gasteiger charge is 2.61. The molecule has 0 amide bonds. The molecule has 4 rings (SSSR count). The summed E-state index contributed by atoms with van der Waals surface area (Å²) < 4.78 is 11.6. The van der Waals surface area contributed by atoms with Crippen molar-refractivity contribution in [3.8, 4) is 0 Å². The van der Waals surface area contributed by atoms with Crippen LogP contribution in [0, 0.1) is 34.5 Å². The zero-order valence-electron chi connectivity index (χ0n) is 16.0. The molecule has 0 aliphatic heterocycles. The minimum Gasteiger partial charge on any atom is -0.390 e. The van der Waals surface area contributed by atoms with Gasteiger partial charge in [0.15, 0.2) is 0 Å². The van der Waals surface area contributed by atoms with Crippen molar-refractivity contribution in [2.24, 2.45) is 34.5 Å². The Morgan fingerprint density at radius 2 is 1.62 bits per heavy atom. The van der Waals surface area contributed by atoms with E-state index in [0.29, 0.717) is 22.9 Å². The van der Waals surface area contributed by atoms with E-state index in [2.05, 4.69) is 13.8 Å². The molecule has 0 radical (unpaired) electrons. The molecule has 0 aromatic heterocycles.